The van der Waals surface area contributed by atoms with Gasteiger partial charge in [-0.25, -0.2) is 4.39 Å². The summed E-state index contributed by atoms with van der Waals surface area (Å²) in [6, 6.07) is 3.91. The summed E-state index contributed by atoms with van der Waals surface area (Å²) >= 11 is 0. The largest absolute Gasteiger partial charge is 0.314 e. The minimum Gasteiger partial charge on any atom is -0.314 e. The van der Waals surface area contributed by atoms with E-state index in [1.54, 1.807) is 0 Å². The Hall–Kier alpha value is -1.53. The van der Waals surface area contributed by atoms with Crippen molar-refractivity contribution in [2.45, 2.75) is 31.7 Å². The number of piperazine rings is 1. The highest BCUT2D eigenvalue weighted by atomic mass is 19.1. The molecule has 3 rings (SSSR count). The Bertz CT molecular complexity index is 540. The lowest BCUT2D eigenvalue weighted by atomic mass is 9.89. The summed E-state index contributed by atoms with van der Waals surface area (Å²) in [5.41, 5.74) is 0.484. The van der Waals surface area contributed by atoms with Crippen molar-refractivity contribution in [3.8, 4) is 0 Å². The van der Waals surface area contributed by atoms with Crippen LogP contribution in [0.2, 0.25) is 0 Å². The average molecular weight is 307 g/mol. The SMILES string of the molecule is O=[N+]([O-])c1ccc(F)c([C@H](C2CCCC2)N2CCNCC2)c1. The molecule has 1 aromatic carbocycles. The fraction of sp³-hybridized carbons (Fsp3) is 0.625. The highest BCUT2D eigenvalue weighted by molar-refractivity contribution is 5.37. The van der Waals surface area contributed by atoms with E-state index in [4.69, 9.17) is 0 Å². The van der Waals surface area contributed by atoms with E-state index in [9.17, 15) is 14.5 Å². The first-order valence-electron chi connectivity index (χ1n) is 8.05. The molecule has 0 amide bonds. The van der Waals surface area contributed by atoms with Crippen LogP contribution < -0.4 is 5.32 Å². The molecule has 1 aromatic rings. The molecule has 1 aliphatic heterocycles. The number of benzene rings is 1. The van der Waals surface area contributed by atoms with Crippen LogP contribution in [0, 0.1) is 21.8 Å². The monoisotopic (exact) mass is 307 g/mol. The second-order valence-electron chi connectivity index (χ2n) is 6.24. The number of nitrogens with one attached hydrogen (secondary N) is 1. The second kappa shape index (κ2) is 6.71. The lowest BCUT2D eigenvalue weighted by Gasteiger charge is -2.38. The van der Waals surface area contributed by atoms with Crippen LogP contribution in [0.3, 0.4) is 0 Å². The van der Waals surface area contributed by atoms with Crippen LogP contribution in [0.15, 0.2) is 18.2 Å². The van der Waals surface area contributed by atoms with E-state index in [0.29, 0.717) is 11.5 Å². The summed E-state index contributed by atoms with van der Waals surface area (Å²) in [5.74, 6) is 0.0793. The molecule has 1 aliphatic carbocycles. The van der Waals surface area contributed by atoms with Crippen molar-refractivity contribution in [3.05, 3.63) is 39.7 Å². The van der Waals surface area contributed by atoms with Crippen LogP contribution in [0.1, 0.15) is 37.3 Å². The molecule has 0 radical (unpaired) electrons. The minimum absolute atomic E-state index is 0.0190. The predicted octanol–water partition coefficient (Wildman–Crippen LogP) is 2.87. The van der Waals surface area contributed by atoms with Gasteiger partial charge in [0.25, 0.3) is 5.69 Å². The summed E-state index contributed by atoms with van der Waals surface area (Å²) in [7, 11) is 0. The third kappa shape index (κ3) is 3.13. The number of nitro benzene ring substituents is 1. The van der Waals surface area contributed by atoms with E-state index >= 15 is 0 Å². The van der Waals surface area contributed by atoms with Crippen molar-refractivity contribution in [2.24, 2.45) is 5.92 Å². The number of non-ortho nitro benzene ring substituents is 1. The first kappa shape index (κ1) is 15.4. The molecular formula is C16H22FN3O2. The van der Waals surface area contributed by atoms with Gasteiger partial charge in [0.2, 0.25) is 0 Å². The average Bonchev–Trinajstić information content (AvgIpc) is 3.04. The van der Waals surface area contributed by atoms with Gasteiger partial charge in [-0.15, -0.1) is 0 Å². The molecule has 1 atom stereocenters. The molecule has 0 aromatic heterocycles. The molecule has 0 unspecified atom stereocenters. The Kier molecular flexibility index (Phi) is 4.69. The fourth-order valence-corrected chi connectivity index (χ4v) is 3.85. The van der Waals surface area contributed by atoms with E-state index in [2.05, 4.69) is 10.2 Å². The maximum atomic E-state index is 14.4. The van der Waals surface area contributed by atoms with Gasteiger partial charge in [0.15, 0.2) is 0 Å². The van der Waals surface area contributed by atoms with Gasteiger partial charge in [0, 0.05) is 49.9 Å². The molecule has 0 spiro atoms. The lowest BCUT2D eigenvalue weighted by Crippen LogP contribution is -2.46. The van der Waals surface area contributed by atoms with Crippen molar-refractivity contribution in [2.75, 3.05) is 26.2 Å². The maximum Gasteiger partial charge on any atom is 0.269 e. The topological polar surface area (TPSA) is 58.4 Å². The van der Waals surface area contributed by atoms with Gasteiger partial charge in [0.1, 0.15) is 5.82 Å². The highest BCUT2D eigenvalue weighted by Crippen LogP contribution is 2.41. The predicted molar refractivity (Wildman–Crippen MR) is 82.2 cm³/mol. The molecule has 2 aliphatic rings. The second-order valence-corrected chi connectivity index (χ2v) is 6.24. The molecule has 1 saturated carbocycles. The summed E-state index contributed by atoms with van der Waals surface area (Å²) in [6.45, 7) is 3.51. The van der Waals surface area contributed by atoms with E-state index in [0.717, 1.165) is 39.0 Å². The fourth-order valence-electron chi connectivity index (χ4n) is 3.85. The smallest absolute Gasteiger partial charge is 0.269 e. The maximum absolute atomic E-state index is 14.4. The van der Waals surface area contributed by atoms with Crippen molar-refractivity contribution in [3.63, 3.8) is 0 Å². The third-order valence-corrected chi connectivity index (χ3v) is 4.90. The van der Waals surface area contributed by atoms with Crippen LogP contribution >= 0.6 is 0 Å². The normalized spacial score (nSPS) is 21.9. The first-order valence-corrected chi connectivity index (χ1v) is 8.05. The molecule has 1 heterocycles. The Morgan fingerprint density at radius 3 is 2.59 bits per heavy atom. The number of nitro groups is 1. The third-order valence-electron chi connectivity index (χ3n) is 4.90. The number of halogens is 1. The zero-order valence-electron chi connectivity index (χ0n) is 12.6. The zero-order valence-corrected chi connectivity index (χ0v) is 12.6. The first-order chi connectivity index (χ1) is 10.7. The van der Waals surface area contributed by atoms with Gasteiger partial charge in [0.05, 0.1) is 4.92 Å². The van der Waals surface area contributed by atoms with Gasteiger partial charge >= 0.3 is 0 Å². The van der Waals surface area contributed by atoms with Gasteiger partial charge < -0.3 is 5.32 Å². The molecule has 1 saturated heterocycles. The number of rotatable bonds is 4. The number of hydrogen-bond donors (Lipinski definition) is 1. The molecule has 5 nitrogen and oxygen atoms in total. The van der Waals surface area contributed by atoms with Crippen molar-refractivity contribution in [1.82, 2.24) is 10.2 Å². The van der Waals surface area contributed by atoms with Gasteiger partial charge in [-0.05, 0) is 24.8 Å². The summed E-state index contributed by atoms with van der Waals surface area (Å²) in [6.07, 6.45) is 4.50. The molecule has 0 bridgehead atoms. The van der Waals surface area contributed by atoms with E-state index in [-0.39, 0.29) is 17.5 Å². The van der Waals surface area contributed by atoms with Crippen LogP contribution in [0.4, 0.5) is 10.1 Å². The van der Waals surface area contributed by atoms with E-state index in [1.165, 1.54) is 31.0 Å². The summed E-state index contributed by atoms with van der Waals surface area (Å²) < 4.78 is 14.4. The quantitative estimate of drug-likeness (QED) is 0.686. The molecular weight excluding hydrogens is 285 g/mol. The number of hydrogen-bond acceptors (Lipinski definition) is 4. The Morgan fingerprint density at radius 1 is 1.27 bits per heavy atom. The van der Waals surface area contributed by atoms with Crippen LogP contribution in [-0.4, -0.2) is 36.0 Å². The Morgan fingerprint density at radius 2 is 1.95 bits per heavy atom. The van der Waals surface area contributed by atoms with E-state index < -0.39 is 4.92 Å². The van der Waals surface area contributed by atoms with Crippen LogP contribution in [-0.2, 0) is 0 Å². The van der Waals surface area contributed by atoms with Crippen molar-refractivity contribution < 1.29 is 9.31 Å². The Balaban J connectivity index is 1.96. The highest BCUT2D eigenvalue weighted by Gasteiger charge is 2.34. The Labute approximate surface area is 129 Å². The minimum atomic E-state index is -0.438. The molecule has 2 fully saturated rings. The lowest BCUT2D eigenvalue weighted by molar-refractivity contribution is -0.385. The summed E-state index contributed by atoms with van der Waals surface area (Å²) in [4.78, 5) is 12.9. The molecule has 120 valence electrons. The molecule has 6 heteroatoms. The molecule has 1 N–H and O–H groups in total. The van der Waals surface area contributed by atoms with Crippen LogP contribution in [0.5, 0.6) is 0 Å². The van der Waals surface area contributed by atoms with Gasteiger partial charge in [-0.1, -0.05) is 12.8 Å². The molecule has 22 heavy (non-hydrogen) atoms. The van der Waals surface area contributed by atoms with Crippen molar-refractivity contribution in [1.29, 1.82) is 0 Å². The standard InChI is InChI=1S/C16H22FN3O2/c17-15-6-5-13(20(21)22)11-14(15)16(12-3-1-2-4-12)19-9-7-18-8-10-19/h5-6,11-12,16,18H,1-4,7-10H2/t16-/m0/s1. The number of nitrogens with zero attached hydrogens (tertiary/aromatic N) is 2. The van der Waals surface area contributed by atoms with Crippen LogP contribution in [0.25, 0.3) is 0 Å². The summed E-state index contributed by atoms with van der Waals surface area (Å²) in [5, 5.41) is 14.4. The van der Waals surface area contributed by atoms with E-state index in [1.807, 2.05) is 0 Å². The van der Waals surface area contributed by atoms with Gasteiger partial charge in [-0.3, -0.25) is 15.0 Å². The zero-order chi connectivity index (χ0) is 15.5. The van der Waals surface area contributed by atoms with Crippen molar-refractivity contribution >= 4 is 5.69 Å². The van der Waals surface area contributed by atoms with Gasteiger partial charge in [-0.2, -0.15) is 0 Å².